The molecule has 1 aromatic rings. The van der Waals surface area contributed by atoms with Gasteiger partial charge < -0.3 is 5.32 Å². The molecule has 0 atom stereocenters. The van der Waals surface area contributed by atoms with Gasteiger partial charge in [0.25, 0.3) is 0 Å². The second-order valence-electron chi connectivity index (χ2n) is 3.16. The summed E-state index contributed by atoms with van der Waals surface area (Å²) in [5, 5.41) is 7.84. The summed E-state index contributed by atoms with van der Waals surface area (Å²) in [4.78, 5) is -0.162. The zero-order chi connectivity index (χ0) is 10.3. The van der Waals surface area contributed by atoms with E-state index in [0.29, 0.717) is 24.2 Å². The highest BCUT2D eigenvalue weighted by atomic mass is 32.2. The van der Waals surface area contributed by atoms with Gasteiger partial charge in [-0.1, -0.05) is 0 Å². The van der Waals surface area contributed by atoms with Crippen LogP contribution in [0, 0.1) is 5.82 Å². The van der Waals surface area contributed by atoms with E-state index < -0.39 is 15.8 Å². The molecule has 6 heteroatoms. The van der Waals surface area contributed by atoms with Gasteiger partial charge in [0.2, 0.25) is 10.0 Å². The molecule has 0 saturated heterocycles. The van der Waals surface area contributed by atoms with Crippen LogP contribution < -0.4 is 10.5 Å². The van der Waals surface area contributed by atoms with E-state index in [2.05, 4.69) is 5.32 Å². The standard InChI is InChI=1S/C8H9FN2O2S/c9-6-3-5-1-2-11-8(5)7(4-6)14(10,12)13/h3-4,11H,1-2H2,(H2,10,12,13). The molecule has 1 heterocycles. The third kappa shape index (κ3) is 1.46. The lowest BCUT2D eigenvalue weighted by atomic mass is 10.2. The first kappa shape index (κ1) is 9.42. The minimum absolute atomic E-state index is 0.162. The van der Waals surface area contributed by atoms with Crippen LogP contribution in [0.2, 0.25) is 0 Å². The number of hydrogen-bond acceptors (Lipinski definition) is 3. The molecule has 2 rings (SSSR count). The molecule has 76 valence electrons. The fourth-order valence-corrected chi connectivity index (χ4v) is 2.34. The minimum Gasteiger partial charge on any atom is -0.383 e. The normalized spacial score (nSPS) is 15.0. The fraction of sp³-hybridized carbons (Fsp3) is 0.250. The number of fused-ring (bicyclic) bond motifs is 1. The van der Waals surface area contributed by atoms with Crippen molar-refractivity contribution in [2.24, 2.45) is 5.14 Å². The first-order chi connectivity index (χ1) is 6.48. The van der Waals surface area contributed by atoms with Crippen molar-refractivity contribution in [2.75, 3.05) is 11.9 Å². The average molecular weight is 216 g/mol. The Morgan fingerprint density at radius 3 is 2.79 bits per heavy atom. The van der Waals surface area contributed by atoms with Crippen molar-refractivity contribution in [3.63, 3.8) is 0 Å². The summed E-state index contributed by atoms with van der Waals surface area (Å²) in [6.45, 7) is 0.612. The minimum atomic E-state index is -3.85. The number of anilines is 1. The van der Waals surface area contributed by atoms with Gasteiger partial charge in [-0.15, -0.1) is 0 Å². The van der Waals surface area contributed by atoms with Gasteiger partial charge in [-0.2, -0.15) is 0 Å². The Balaban J connectivity index is 2.72. The van der Waals surface area contributed by atoms with Gasteiger partial charge >= 0.3 is 0 Å². The molecular formula is C8H9FN2O2S. The third-order valence-corrected chi connectivity index (χ3v) is 3.09. The highest BCUT2D eigenvalue weighted by Crippen LogP contribution is 2.30. The summed E-state index contributed by atoms with van der Waals surface area (Å²) < 4.78 is 35.2. The molecule has 0 aliphatic carbocycles. The lowest BCUT2D eigenvalue weighted by Crippen LogP contribution is -2.14. The zero-order valence-corrected chi connectivity index (χ0v) is 8.07. The predicted molar refractivity (Wildman–Crippen MR) is 50.0 cm³/mol. The number of sulfonamides is 1. The van der Waals surface area contributed by atoms with E-state index in [4.69, 9.17) is 5.14 Å². The Labute approximate surface area is 81.0 Å². The molecule has 1 aliphatic heterocycles. The lowest BCUT2D eigenvalue weighted by molar-refractivity contribution is 0.592. The Morgan fingerprint density at radius 2 is 2.14 bits per heavy atom. The number of nitrogens with two attached hydrogens (primary N) is 1. The molecule has 4 nitrogen and oxygen atoms in total. The van der Waals surface area contributed by atoms with Crippen LogP contribution in [0.5, 0.6) is 0 Å². The molecule has 0 unspecified atom stereocenters. The Kier molecular flexibility index (Phi) is 1.97. The molecule has 14 heavy (non-hydrogen) atoms. The second kappa shape index (κ2) is 2.93. The quantitative estimate of drug-likeness (QED) is 0.715. The van der Waals surface area contributed by atoms with Crippen LogP contribution in [0.4, 0.5) is 10.1 Å². The van der Waals surface area contributed by atoms with E-state index in [9.17, 15) is 12.8 Å². The molecule has 3 N–H and O–H groups in total. The largest absolute Gasteiger partial charge is 0.383 e. The van der Waals surface area contributed by atoms with Crippen molar-refractivity contribution in [1.29, 1.82) is 0 Å². The molecule has 0 amide bonds. The molecular weight excluding hydrogens is 207 g/mol. The lowest BCUT2D eigenvalue weighted by Gasteiger charge is -2.06. The molecule has 0 spiro atoms. The third-order valence-electron chi connectivity index (χ3n) is 2.15. The van der Waals surface area contributed by atoms with Gasteiger partial charge in [-0.05, 0) is 24.1 Å². The Bertz CT molecular complexity index is 484. The monoisotopic (exact) mass is 216 g/mol. The summed E-state index contributed by atoms with van der Waals surface area (Å²) in [7, 11) is -3.85. The van der Waals surface area contributed by atoms with Crippen molar-refractivity contribution >= 4 is 15.7 Å². The molecule has 0 aromatic heterocycles. The molecule has 1 aliphatic rings. The number of benzene rings is 1. The van der Waals surface area contributed by atoms with Crippen LogP contribution in [0.3, 0.4) is 0 Å². The average Bonchev–Trinajstić information content (AvgIpc) is 2.47. The zero-order valence-electron chi connectivity index (χ0n) is 7.25. The van der Waals surface area contributed by atoms with Crippen LogP contribution in [-0.2, 0) is 16.4 Å². The number of nitrogens with one attached hydrogen (secondary N) is 1. The van der Waals surface area contributed by atoms with Crippen molar-refractivity contribution in [3.05, 3.63) is 23.5 Å². The maximum absolute atomic E-state index is 13.0. The number of primary sulfonamides is 1. The number of hydrogen-bond donors (Lipinski definition) is 2. The Hall–Kier alpha value is -1.14. The van der Waals surface area contributed by atoms with Crippen LogP contribution in [0.1, 0.15) is 5.56 Å². The van der Waals surface area contributed by atoms with Gasteiger partial charge in [0.15, 0.2) is 0 Å². The van der Waals surface area contributed by atoms with Crippen LogP contribution in [0.15, 0.2) is 17.0 Å². The fourth-order valence-electron chi connectivity index (χ4n) is 1.58. The first-order valence-electron chi connectivity index (χ1n) is 4.07. The van der Waals surface area contributed by atoms with Crippen molar-refractivity contribution in [2.45, 2.75) is 11.3 Å². The van der Waals surface area contributed by atoms with Crippen LogP contribution in [0.25, 0.3) is 0 Å². The van der Waals surface area contributed by atoms with Crippen molar-refractivity contribution in [3.8, 4) is 0 Å². The highest BCUT2D eigenvalue weighted by molar-refractivity contribution is 7.89. The molecule has 0 fully saturated rings. The van der Waals surface area contributed by atoms with E-state index in [-0.39, 0.29) is 4.90 Å². The van der Waals surface area contributed by atoms with Gasteiger partial charge in [-0.3, -0.25) is 0 Å². The summed E-state index contributed by atoms with van der Waals surface area (Å²) in [5.74, 6) is -0.573. The summed E-state index contributed by atoms with van der Waals surface area (Å²) in [5.41, 5.74) is 1.10. The van der Waals surface area contributed by atoms with E-state index in [1.165, 1.54) is 6.07 Å². The molecule has 0 saturated carbocycles. The Morgan fingerprint density at radius 1 is 1.43 bits per heavy atom. The molecule has 1 aromatic carbocycles. The number of rotatable bonds is 1. The highest BCUT2D eigenvalue weighted by Gasteiger charge is 2.22. The predicted octanol–water partition coefficient (Wildman–Crippen LogP) is 0.441. The maximum Gasteiger partial charge on any atom is 0.240 e. The summed E-state index contributed by atoms with van der Waals surface area (Å²) in [6.07, 6.45) is 0.621. The van der Waals surface area contributed by atoms with Crippen LogP contribution >= 0.6 is 0 Å². The molecule has 0 bridgehead atoms. The SMILES string of the molecule is NS(=O)(=O)c1cc(F)cc2c1NCC2. The first-order valence-corrected chi connectivity index (χ1v) is 5.62. The van der Waals surface area contributed by atoms with Gasteiger partial charge in [-0.25, -0.2) is 17.9 Å². The van der Waals surface area contributed by atoms with Crippen molar-refractivity contribution < 1.29 is 12.8 Å². The van der Waals surface area contributed by atoms with E-state index in [0.717, 1.165) is 6.07 Å². The summed E-state index contributed by atoms with van der Waals surface area (Å²) in [6, 6.07) is 2.26. The van der Waals surface area contributed by atoms with E-state index >= 15 is 0 Å². The van der Waals surface area contributed by atoms with E-state index in [1.54, 1.807) is 0 Å². The summed E-state index contributed by atoms with van der Waals surface area (Å²) >= 11 is 0. The number of halogens is 1. The molecule has 0 radical (unpaired) electrons. The van der Waals surface area contributed by atoms with E-state index in [1.807, 2.05) is 0 Å². The smallest absolute Gasteiger partial charge is 0.240 e. The van der Waals surface area contributed by atoms with Gasteiger partial charge in [0.05, 0.1) is 5.69 Å². The maximum atomic E-state index is 13.0. The topological polar surface area (TPSA) is 72.2 Å². The van der Waals surface area contributed by atoms with Gasteiger partial charge in [0.1, 0.15) is 10.7 Å². The van der Waals surface area contributed by atoms with Crippen LogP contribution in [-0.4, -0.2) is 15.0 Å². The van der Waals surface area contributed by atoms with Gasteiger partial charge in [0, 0.05) is 6.54 Å². The van der Waals surface area contributed by atoms with Crippen molar-refractivity contribution in [1.82, 2.24) is 0 Å². The second-order valence-corrected chi connectivity index (χ2v) is 4.69.